The van der Waals surface area contributed by atoms with E-state index in [2.05, 4.69) is 39.2 Å². The van der Waals surface area contributed by atoms with Crippen molar-refractivity contribution in [3.8, 4) is 0 Å². The fourth-order valence-electron chi connectivity index (χ4n) is 4.77. The molecular weight excluding hydrogens is 378 g/mol. The van der Waals surface area contributed by atoms with Crippen molar-refractivity contribution < 1.29 is 5.11 Å². The predicted octanol–water partition coefficient (Wildman–Crippen LogP) is 2.20. The Morgan fingerprint density at radius 3 is 2.87 bits per heavy atom. The molecule has 7 heteroatoms. The van der Waals surface area contributed by atoms with Gasteiger partial charge in [0.05, 0.1) is 24.0 Å². The number of aromatic nitrogens is 3. The lowest BCUT2D eigenvalue weighted by molar-refractivity contribution is 0.160. The lowest BCUT2D eigenvalue weighted by atomic mass is 10.0. The number of piperidine rings is 1. The molecule has 2 aromatic heterocycles. The van der Waals surface area contributed by atoms with Crippen molar-refractivity contribution in [2.24, 2.45) is 0 Å². The van der Waals surface area contributed by atoms with Crippen LogP contribution in [0.2, 0.25) is 0 Å². The first-order valence-electron chi connectivity index (χ1n) is 10.7. The summed E-state index contributed by atoms with van der Waals surface area (Å²) in [5, 5.41) is 16.7. The Morgan fingerprint density at radius 2 is 2.03 bits per heavy atom. The Balaban J connectivity index is 1.32. The van der Waals surface area contributed by atoms with Crippen LogP contribution >= 0.6 is 0 Å². The lowest BCUT2D eigenvalue weighted by Gasteiger charge is -2.33. The third-order valence-electron chi connectivity index (χ3n) is 6.33. The van der Waals surface area contributed by atoms with Crippen LogP contribution < -0.4 is 10.5 Å². The van der Waals surface area contributed by atoms with Gasteiger partial charge in [-0.2, -0.15) is 5.10 Å². The molecule has 1 N–H and O–H groups in total. The first kappa shape index (κ1) is 19.2. The number of likely N-dealkylation sites (tertiary alicyclic amines) is 1. The molecule has 2 aliphatic rings. The molecule has 2 saturated heterocycles. The number of hydrogen-bond donors (Lipinski definition) is 1. The van der Waals surface area contributed by atoms with Gasteiger partial charge < -0.3 is 10.0 Å². The maximum absolute atomic E-state index is 12.8. The molecule has 30 heavy (non-hydrogen) atoms. The van der Waals surface area contributed by atoms with Crippen LogP contribution in [0.25, 0.3) is 10.8 Å². The topological polar surface area (TPSA) is 74.5 Å². The maximum Gasteiger partial charge on any atom is 0.269 e. The van der Waals surface area contributed by atoms with Crippen LogP contribution in [-0.2, 0) is 6.54 Å². The quantitative estimate of drug-likeness (QED) is 0.717. The molecule has 156 valence electrons. The Morgan fingerprint density at radius 1 is 1.10 bits per heavy atom. The van der Waals surface area contributed by atoms with Gasteiger partial charge in [-0.3, -0.25) is 14.7 Å². The second kappa shape index (κ2) is 8.16. The van der Waals surface area contributed by atoms with Crippen molar-refractivity contribution in [2.45, 2.75) is 38.0 Å². The van der Waals surface area contributed by atoms with Crippen LogP contribution in [-0.4, -0.2) is 57.1 Å². The third-order valence-corrected chi connectivity index (χ3v) is 6.33. The standard InChI is InChI=1S/C23H27N5O2/c29-21-7-10-27(16-21)20-11-23(30)28(25-13-20)19-5-2-9-26(15-19)14-18-4-1-3-17-12-24-8-6-22(17)18/h1,3-4,6,8,11-13,19,21,29H,2,5,7,9-10,14-16H2/t19?,21-/m0/s1. The van der Waals surface area contributed by atoms with Gasteiger partial charge in [-0.05, 0) is 42.8 Å². The summed E-state index contributed by atoms with van der Waals surface area (Å²) < 4.78 is 1.65. The summed E-state index contributed by atoms with van der Waals surface area (Å²) in [5.41, 5.74) is 2.04. The Kier molecular flexibility index (Phi) is 5.23. The molecule has 1 unspecified atom stereocenters. The molecule has 1 aromatic carbocycles. The Labute approximate surface area is 175 Å². The number of aliphatic hydroxyl groups is 1. The number of fused-ring (bicyclic) bond motifs is 1. The first-order valence-corrected chi connectivity index (χ1v) is 10.7. The van der Waals surface area contributed by atoms with Gasteiger partial charge in [0, 0.05) is 50.0 Å². The number of anilines is 1. The molecule has 5 rings (SSSR count). The lowest BCUT2D eigenvalue weighted by Crippen LogP contribution is -2.40. The van der Waals surface area contributed by atoms with Gasteiger partial charge in [-0.15, -0.1) is 0 Å². The van der Waals surface area contributed by atoms with E-state index in [1.807, 2.05) is 17.3 Å². The minimum atomic E-state index is -0.316. The maximum atomic E-state index is 12.8. The monoisotopic (exact) mass is 405 g/mol. The van der Waals surface area contributed by atoms with E-state index in [1.54, 1.807) is 16.9 Å². The molecule has 0 amide bonds. The second-order valence-corrected chi connectivity index (χ2v) is 8.43. The smallest absolute Gasteiger partial charge is 0.269 e. The first-order chi connectivity index (χ1) is 14.7. The zero-order valence-electron chi connectivity index (χ0n) is 17.0. The van der Waals surface area contributed by atoms with E-state index in [0.717, 1.165) is 56.5 Å². The van der Waals surface area contributed by atoms with Crippen LogP contribution in [0.5, 0.6) is 0 Å². The zero-order chi connectivity index (χ0) is 20.5. The minimum absolute atomic E-state index is 0.0584. The van der Waals surface area contributed by atoms with Crippen molar-refractivity contribution in [1.29, 1.82) is 0 Å². The Hall–Kier alpha value is -2.77. The number of pyridine rings is 1. The van der Waals surface area contributed by atoms with Crippen molar-refractivity contribution in [3.63, 3.8) is 0 Å². The van der Waals surface area contributed by atoms with Crippen LogP contribution in [0, 0.1) is 0 Å². The number of hydrogen-bond acceptors (Lipinski definition) is 6. The summed E-state index contributed by atoms with van der Waals surface area (Å²) in [7, 11) is 0. The van der Waals surface area contributed by atoms with Gasteiger partial charge in [0.2, 0.25) is 0 Å². The highest BCUT2D eigenvalue weighted by Gasteiger charge is 2.25. The fourth-order valence-corrected chi connectivity index (χ4v) is 4.77. The summed E-state index contributed by atoms with van der Waals surface area (Å²) in [4.78, 5) is 21.5. The molecular formula is C23H27N5O2. The number of benzene rings is 1. The van der Waals surface area contributed by atoms with Crippen LogP contribution in [0.4, 0.5) is 5.69 Å². The number of rotatable bonds is 4. The molecule has 0 radical (unpaired) electrons. The SMILES string of the molecule is O=c1cc(N2CC[C@H](O)C2)cnn1C1CCCN(Cc2cccc3cnccc23)C1. The largest absolute Gasteiger partial charge is 0.391 e. The number of β-amino-alcohol motifs (C(OH)–C–C–N with tert-alkyl or cyclic N) is 1. The molecule has 2 fully saturated rings. The minimum Gasteiger partial charge on any atom is -0.391 e. The highest BCUT2D eigenvalue weighted by Crippen LogP contribution is 2.25. The van der Waals surface area contributed by atoms with Gasteiger partial charge >= 0.3 is 0 Å². The van der Waals surface area contributed by atoms with Gasteiger partial charge in [-0.25, -0.2) is 4.68 Å². The summed E-state index contributed by atoms with van der Waals surface area (Å²) in [5.74, 6) is 0. The van der Waals surface area contributed by atoms with Gasteiger partial charge in [0.15, 0.2) is 0 Å². The van der Waals surface area contributed by atoms with Gasteiger partial charge in [0.25, 0.3) is 5.56 Å². The average molecular weight is 406 g/mol. The molecule has 0 aliphatic carbocycles. The normalized spacial score (nSPS) is 22.6. The predicted molar refractivity (Wildman–Crippen MR) is 117 cm³/mol. The van der Waals surface area contributed by atoms with E-state index in [-0.39, 0.29) is 17.7 Å². The van der Waals surface area contributed by atoms with E-state index in [9.17, 15) is 9.90 Å². The molecule has 7 nitrogen and oxygen atoms in total. The van der Waals surface area contributed by atoms with E-state index in [0.29, 0.717) is 6.54 Å². The van der Waals surface area contributed by atoms with Gasteiger partial charge in [0.1, 0.15) is 0 Å². The molecule has 0 saturated carbocycles. The van der Waals surface area contributed by atoms with Crippen molar-refractivity contribution >= 4 is 16.5 Å². The molecule has 3 aromatic rings. The molecule has 2 atom stereocenters. The van der Waals surface area contributed by atoms with Gasteiger partial charge in [-0.1, -0.05) is 18.2 Å². The number of nitrogens with zero attached hydrogens (tertiary/aromatic N) is 5. The molecule has 2 aliphatic heterocycles. The van der Waals surface area contributed by atoms with Crippen LogP contribution in [0.1, 0.15) is 30.9 Å². The summed E-state index contributed by atoms with van der Waals surface area (Å²) >= 11 is 0. The molecule has 0 spiro atoms. The van der Waals surface area contributed by atoms with Crippen LogP contribution in [0.3, 0.4) is 0 Å². The average Bonchev–Trinajstić information content (AvgIpc) is 3.20. The van der Waals surface area contributed by atoms with E-state index in [1.165, 1.54) is 10.9 Å². The van der Waals surface area contributed by atoms with Crippen molar-refractivity contribution in [2.75, 3.05) is 31.1 Å². The zero-order valence-corrected chi connectivity index (χ0v) is 17.0. The highest BCUT2D eigenvalue weighted by atomic mass is 16.3. The van der Waals surface area contributed by atoms with E-state index >= 15 is 0 Å². The highest BCUT2D eigenvalue weighted by molar-refractivity contribution is 5.84. The molecule has 4 heterocycles. The summed E-state index contributed by atoms with van der Waals surface area (Å²) in [6.45, 7) is 4.04. The fraction of sp³-hybridized carbons (Fsp3) is 0.435. The van der Waals surface area contributed by atoms with Crippen molar-refractivity contribution in [3.05, 3.63) is 64.8 Å². The summed E-state index contributed by atoms with van der Waals surface area (Å²) in [6.07, 6.45) is 7.96. The van der Waals surface area contributed by atoms with E-state index in [4.69, 9.17) is 0 Å². The third kappa shape index (κ3) is 3.82. The Bertz CT molecular complexity index is 1090. The van der Waals surface area contributed by atoms with E-state index < -0.39 is 0 Å². The summed E-state index contributed by atoms with van der Waals surface area (Å²) in [6, 6.07) is 10.2. The van der Waals surface area contributed by atoms with Crippen molar-refractivity contribution in [1.82, 2.24) is 19.7 Å². The van der Waals surface area contributed by atoms with Crippen LogP contribution in [0.15, 0.2) is 53.7 Å². The second-order valence-electron chi connectivity index (χ2n) is 8.43. The molecule has 0 bridgehead atoms. The number of aliphatic hydroxyl groups excluding tert-OH is 1.